The number of benzene rings is 2. The van der Waals surface area contributed by atoms with Crippen LogP contribution in [0.2, 0.25) is 15.1 Å². The van der Waals surface area contributed by atoms with Gasteiger partial charge >= 0.3 is 0 Å². The summed E-state index contributed by atoms with van der Waals surface area (Å²) in [5.41, 5.74) is 5.10. The molecule has 7 heteroatoms. The maximum Gasteiger partial charge on any atom is 0.0840 e. The summed E-state index contributed by atoms with van der Waals surface area (Å²) in [7, 11) is 0. The molecule has 0 spiro atoms. The van der Waals surface area contributed by atoms with Crippen molar-refractivity contribution in [3.8, 4) is 16.9 Å². The number of hydrogen-bond donors (Lipinski definition) is 2. The Bertz CT molecular complexity index is 1250. The van der Waals surface area contributed by atoms with E-state index in [0.717, 1.165) is 77.9 Å². The Labute approximate surface area is 248 Å². The van der Waals surface area contributed by atoms with Gasteiger partial charge in [-0.15, -0.1) is 0 Å². The lowest BCUT2D eigenvalue weighted by Gasteiger charge is -2.47. The third kappa shape index (κ3) is 6.68. The molecule has 1 heterocycles. The zero-order valence-corrected chi connectivity index (χ0v) is 25.6. The van der Waals surface area contributed by atoms with E-state index in [0.29, 0.717) is 21.1 Å². The molecule has 0 saturated heterocycles. The fourth-order valence-electron chi connectivity index (χ4n) is 7.21. The smallest absolute Gasteiger partial charge is 0.0840 e. The zero-order valence-electron chi connectivity index (χ0n) is 23.3. The van der Waals surface area contributed by atoms with Gasteiger partial charge in [-0.25, -0.2) is 4.68 Å². The molecule has 2 N–H and O–H groups in total. The fraction of sp³-hybridized carbons (Fsp3) is 0.531. The normalized spacial score (nSPS) is 24.7. The van der Waals surface area contributed by atoms with Crippen molar-refractivity contribution in [3.05, 3.63) is 68.8 Å². The summed E-state index contributed by atoms with van der Waals surface area (Å²) in [4.78, 5) is 0. The number of rotatable bonds is 10. The monoisotopic (exact) mass is 586 g/mol. The highest BCUT2D eigenvalue weighted by atomic mass is 35.5. The van der Waals surface area contributed by atoms with Gasteiger partial charge < -0.3 is 10.6 Å². The second kappa shape index (κ2) is 13.0. The molecule has 5 rings (SSSR count). The SMILES string of the molecule is CCC1CC2CC(C)CC(C2)C1NCCNCCc1nn(-c2ccc(Cl)cc2Cl)c(-c2ccc(Cl)cc2)c1C. The minimum absolute atomic E-state index is 0.572. The quantitative estimate of drug-likeness (QED) is 0.234. The van der Waals surface area contributed by atoms with E-state index in [1.807, 2.05) is 41.1 Å². The summed E-state index contributed by atoms with van der Waals surface area (Å²) in [6.45, 7) is 9.82. The van der Waals surface area contributed by atoms with Crippen molar-refractivity contribution in [3.63, 3.8) is 0 Å². The molecule has 0 radical (unpaired) electrons. The third-order valence-electron chi connectivity index (χ3n) is 8.95. The van der Waals surface area contributed by atoms with Gasteiger partial charge in [-0.3, -0.25) is 0 Å². The maximum absolute atomic E-state index is 6.61. The summed E-state index contributed by atoms with van der Waals surface area (Å²) < 4.78 is 1.94. The van der Waals surface area contributed by atoms with Crippen molar-refractivity contribution < 1.29 is 0 Å². The predicted octanol–water partition coefficient (Wildman–Crippen LogP) is 8.38. The topological polar surface area (TPSA) is 41.9 Å². The number of fused-ring (bicyclic) bond motifs is 2. The fourth-order valence-corrected chi connectivity index (χ4v) is 7.83. The molecule has 2 aromatic carbocycles. The van der Waals surface area contributed by atoms with Crippen LogP contribution >= 0.6 is 34.8 Å². The van der Waals surface area contributed by atoms with Crippen LogP contribution in [0.25, 0.3) is 16.9 Å². The van der Waals surface area contributed by atoms with Crippen LogP contribution in [-0.2, 0) is 6.42 Å². The summed E-state index contributed by atoms with van der Waals surface area (Å²) >= 11 is 19.0. The Morgan fingerprint density at radius 3 is 2.44 bits per heavy atom. The lowest BCUT2D eigenvalue weighted by molar-refractivity contribution is 0.0614. The van der Waals surface area contributed by atoms with Gasteiger partial charge in [0.2, 0.25) is 0 Å². The third-order valence-corrected chi connectivity index (χ3v) is 9.74. The summed E-state index contributed by atoms with van der Waals surface area (Å²) in [6.07, 6.45) is 7.82. The minimum Gasteiger partial charge on any atom is -0.315 e. The molecule has 2 fully saturated rings. The van der Waals surface area contributed by atoms with E-state index in [1.165, 1.54) is 32.1 Å². The van der Waals surface area contributed by atoms with E-state index in [1.54, 1.807) is 6.07 Å². The highest BCUT2D eigenvalue weighted by molar-refractivity contribution is 6.35. The van der Waals surface area contributed by atoms with Gasteiger partial charge in [0.1, 0.15) is 0 Å². The van der Waals surface area contributed by atoms with Crippen LogP contribution in [0.5, 0.6) is 0 Å². The summed E-state index contributed by atoms with van der Waals surface area (Å²) in [5.74, 6) is 3.54. The average molecular weight is 588 g/mol. The molecule has 4 nitrogen and oxygen atoms in total. The molecule has 39 heavy (non-hydrogen) atoms. The standard InChI is InChI=1S/C32H41Cl3N4/c1-4-23-17-22-15-20(2)16-25(18-22)31(23)37-14-13-36-12-11-29-21(3)32(24-5-7-26(33)8-6-24)39(38-29)30-10-9-27(34)19-28(30)35/h5-10,19-20,22-23,25,31,36-37H,4,11-18H2,1-3H3. The van der Waals surface area contributed by atoms with Crippen molar-refractivity contribution in [2.45, 2.75) is 65.3 Å². The molecule has 2 aliphatic carbocycles. The number of nitrogens with zero attached hydrogens (tertiary/aromatic N) is 2. The average Bonchev–Trinajstić information content (AvgIpc) is 3.22. The first kappa shape index (κ1) is 29.0. The van der Waals surface area contributed by atoms with Gasteiger partial charge in [0.15, 0.2) is 0 Å². The molecule has 5 unspecified atom stereocenters. The molecule has 2 saturated carbocycles. The zero-order chi connectivity index (χ0) is 27.5. The lowest BCUT2D eigenvalue weighted by Crippen LogP contribution is -2.50. The van der Waals surface area contributed by atoms with E-state index in [4.69, 9.17) is 39.9 Å². The van der Waals surface area contributed by atoms with Gasteiger partial charge in [0.05, 0.1) is 22.1 Å². The lowest BCUT2D eigenvalue weighted by atomic mass is 9.62. The van der Waals surface area contributed by atoms with Gasteiger partial charge in [0.25, 0.3) is 0 Å². The van der Waals surface area contributed by atoms with Crippen molar-refractivity contribution >= 4 is 34.8 Å². The predicted molar refractivity (Wildman–Crippen MR) is 166 cm³/mol. The molecule has 2 aliphatic rings. The van der Waals surface area contributed by atoms with E-state index in [2.05, 4.69) is 31.4 Å². The van der Waals surface area contributed by atoms with Crippen LogP contribution in [0.15, 0.2) is 42.5 Å². The molecule has 0 aliphatic heterocycles. The number of nitrogens with one attached hydrogen (secondary N) is 2. The van der Waals surface area contributed by atoms with Gasteiger partial charge in [-0.05, 0) is 92.2 Å². The van der Waals surface area contributed by atoms with Crippen molar-refractivity contribution in [2.75, 3.05) is 19.6 Å². The van der Waals surface area contributed by atoms with Gasteiger partial charge in [-0.2, -0.15) is 5.10 Å². The molecule has 210 valence electrons. The Kier molecular flexibility index (Phi) is 9.62. The first-order chi connectivity index (χ1) is 18.8. The molecular weight excluding hydrogens is 547 g/mol. The van der Waals surface area contributed by atoms with Crippen LogP contribution in [0.1, 0.15) is 57.2 Å². The molecule has 1 aromatic heterocycles. The van der Waals surface area contributed by atoms with E-state index in [-0.39, 0.29) is 0 Å². The highest BCUT2D eigenvalue weighted by Crippen LogP contribution is 2.45. The molecular formula is C32H41Cl3N4. The highest BCUT2D eigenvalue weighted by Gasteiger charge is 2.40. The van der Waals surface area contributed by atoms with Crippen molar-refractivity contribution in [2.24, 2.45) is 23.7 Å². The summed E-state index contributed by atoms with van der Waals surface area (Å²) in [6, 6.07) is 14.1. The van der Waals surface area contributed by atoms with Crippen LogP contribution in [0, 0.1) is 30.6 Å². The first-order valence-electron chi connectivity index (χ1n) is 14.6. The number of hydrogen-bond acceptors (Lipinski definition) is 3. The molecule has 5 atom stereocenters. The van der Waals surface area contributed by atoms with Crippen molar-refractivity contribution in [1.29, 1.82) is 0 Å². The molecule has 0 amide bonds. The maximum atomic E-state index is 6.61. The van der Waals surface area contributed by atoms with Crippen LogP contribution in [0.4, 0.5) is 0 Å². The first-order valence-corrected chi connectivity index (χ1v) is 15.7. The minimum atomic E-state index is 0.572. The molecule has 3 aromatic rings. The number of halogens is 3. The second-order valence-corrected chi connectivity index (χ2v) is 13.0. The Morgan fingerprint density at radius 2 is 1.69 bits per heavy atom. The number of aromatic nitrogens is 2. The van der Waals surface area contributed by atoms with E-state index >= 15 is 0 Å². The van der Waals surface area contributed by atoms with Crippen LogP contribution < -0.4 is 10.6 Å². The second-order valence-electron chi connectivity index (χ2n) is 11.8. The van der Waals surface area contributed by atoms with Gasteiger partial charge in [-0.1, -0.05) is 67.2 Å². The summed E-state index contributed by atoms with van der Waals surface area (Å²) in [5, 5.41) is 14.5. The van der Waals surface area contributed by atoms with Crippen LogP contribution in [0.3, 0.4) is 0 Å². The van der Waals surface area contributed by atoms with Gasteiger partial charge in [0, 0.05) is 47.7 Å². The van der Waals surface area contributed by atoms with E-state index < -0.39 is 0 Å². The largest absolute Gasteiger partial charge is 0.315 e. The molecule has 2 bridgehead atoms. The Morgan fingerprint density at radius 1 is 0.923 bits per heavy atom. The Balaban J connectivity index is 1.23. The van der Waals surface area contributed by atoms with Crippen molar-refractivity contribution in [1.82, 2.24) is 20.4 Å². The Hall–Kier alpha value is -1.56. The van der Waals surface area contributed by atoms with E-state index in [9.17, 15) is 0 Å². The van der Waals surface area contributed by atoms with Crippen LogP contribution in [-0.4, -0.2) is 35.5 Å².